The van der Waals surface area contributed by atoms with E-state index in [9.17, 15) is 14.9 Å². The van der Waals surface area contributed by atoms with Crippen LogP contribution in [0.15, 0.2) is 23.0 Å². The molecule has 8 heteroatoms. The van der Waals surface area contributed by atoms with Crippen molar-refractivity contribution in [1.82, 2.24) is 4.98 Å². The van der Waals surface area contributed by atoms with Gasteiger partial charge in [0.05, 0.1) is 16.8 Å². The van der Waals surface area contributed by atoms with Crippen LogP contribution in [-0.2, 0) is 9.53 Å². The monoisotopic (exact) mass is 482 g/mol. The van der Waals surface area contributed by atoms with Gasteiger partial charge >= 0.3 is 5.97 Å². The molecule has 2 aromatic rings. The summed E-state index contributed by atoms with van der Waals surface area (Å²) >= 11 is 2.06. The Balaban J connectivity index is 2.52. The Morgan fingerprint density at radius 1 is 1.22 bits per heavy atom. The predicted molar refractivity (Wildman–Crippen MR) is 108 cm³/mol. The number of hydrogen-bond donors (Lipinski definition) is 1. The molecule has 0 bridgehead atoms. The summed E-state index contributed by atoms with van der Waals surface area (Å²) < 4.78 is 16.8. The van der Waals surface area contributed by atoms with Crippen molar-refractivity contribution in [3.63, 3.8) is 0 Å². The van der Waals surface area contributed by atoms with Crippen LogP contribution in [0.5, 0.6) is 11.5 Å². The molecule has 1 aromatic heterocycles. The number of carbonyl (C=O) groups is 1. The van der Waals surface area contributed by atoms with Crippen molar-refractivity contribution in [3.8, 4) is 28.7 Å². The fourth-order valence-corrected chi connectivity index (χ4v) is 3.24. The van der Waals surface area contributed by atoms with Crippen LogP contribution in [0.3, 0.4) is 0 Å². The maximum atomic E-state index is 12.1. The second-order valence-corrected chi connectivity index (χ2v) is 6.66. The lowest BCUT2D eigenvalue weighted by Crippen LogP contribution is -2.16. The third-order valence-corrected chi connectivity index (χ3v) is 4.34. The van der Waals surface area contributed by atoms with E-state index < -0.39 is 11.5 Å². The van der Waals surface area contributed by atoms with E-state index in [1.54, 1.807) is 32.0 Å². The molecule has 142 valence electrons. The molecule has 27 heavy (non-hydrogen) atoms. The van der Waals surface area contributed by atoms with E-state index in [4.69, 9.17) is 14.2 Å². The number of pyridine rings is 1. The first-order valence-corrected chi connectivity index (χ1v) is 9.38. The number of nitrogens with one attached hydrogen (secondary N) is 1. The van der Waals surface area contributed by atoms with E-state index in [1.807, 2.05) is 13.0 Å². The third-order valence-electron chi connectivity index (χ3n) is 3.54. The number of aromatic amines is 1. The SMILES string of the molecule is CCOC(=O)COc1c(I)cc(-c2cc(C)[nH]c(=O)c2C#N)cc1OCC. The van der Waals surface area contributed by atoms with Crippen molar-refractivity contribution in [2.24, 2.45) is 0 Å². The van der Waals surface area contributed by atoms with Crippen LogP contribution < -0.4 is 15.0 Å². The highest BCUT2D eigenvalue weighted by molar-refractivity contribution is 14.1. The molecule has 1 aromatic carbocycles. The smallest absolute Gasteiger partial charge is 0.344 e. The lowest BCUT2D eigenvalue weighted by molar-refractivity contribution is -0.145. The molecule has 7 nitrogen and oxygen atoms in total. The second-order valence-electron chi connectivity index (χ2n) is 5.49. The number of halogens is 1. The first kappa shape index (κ1) is 20.8. The lowest BCUT2D eigenvalue weighted by Gasteiger charge is -2.16. The second kappa shape index (κ2) is 9.41. The minimum absolute atomic E-state index is 0.0269. The summed E-state index contributed by atoms with van der Waals surface area (Å²) in [5, 5.41) is 9.36. The highest BCUT2D eigenvalue weighted by Gasteiger charge is 2.18. The van der Waals surface area contributed by atoms with Crippen LogP contribution in [0.1, 0.15) is 25.1 Å². The number of nitrogens with zero attached hydrogens (tertiary/aromatic N) is 1. The Labute approximate surface area is 170 Å². The molecule has 0 aliphatic rings. The molecular weight excluding hydrogens is 463 g/mol. The summed E-state index contributed by atoms with van der Waals surface area (Å²) in [4.78, 5) is 26.3. The Bertz CT molecular complexity index is 946. The number of nitriles is 1. The Hall–Kier alpha value is -2.54. The molecule has 0 atom stereocenters. The number of aromatic nitrogens is 1. The van der Waals surface area contributed by atoms with Crippen molar-refractivity contribution in [3.05, 3.63) is 43.4 Å². The molecule has 0 fully saturated rings. The van der Waals surface area contributed by atoms with Crippen LogP contribution in [0, 0.1) is 21.8 Å². The normalized spacial score (nSPS) is 10.2. The fraction of sp³-hybridized carbons (Fsp3) is 0.316. The number of carbonyl (C=O) groups excluding carboxylic acids is 1. The molecule has 0 spiro atoms. The quantitative estimate of drug-likeness (QED) is 0.481. The van der Waals surface area contributed by atoms with Crippen LogP contribution in [0.25, 0.3) is 11.1 Å². The predicted octanol–water partition coefficient (Wildman–Crippen LogP) is 3.17. The molecule has 0 unspecified atom stereocenters. The van der Waals surface area contributed by atoms with Crippen LogP contribution in [0.2, 0.25) is 0 Å². The average molecular weight is 482 g/mol. The van der Waals surface area contributed by atoms with E-state index >= 15 is 0 Å². The van der Waals surface area contributed by atoms with Gasteiger partial charge in [-0.15, -0.1) is 0 Å². The Kier molecular flexibility index (Phi) is 7.24. The summed E-state index contributed by atoms with van der Waals surface area (Å²) in [6.07, 6.45) is 0. The van der Waals surface area contributed by atoms with Gasteiger partial charge in [-0.2, -0.15) is 5.26 Å². The molecule has 0 saturated carbocycles. The zero-order valence-corrected chi connectivity index (χ0v) is 17.4. The van der Waals surface area contributed by atoms with Gasteiger partial charge in [0.15, 0.2) is 18.1 Å². The first-order chi connectivity index (χ1) is 12.9. The number of aryl methyl sites for hydroxylation is 1. The van der Waals surface area contributed by atoms with Crippen molar-refractivity contribution in [2.45, 2.75) is 20.8 Å². The fourth-order valence-electron chi connectivity index (χ4n) is 2.49. The molecule has 1 N–H and O–H groups in total. The summed E-state index contributed by atoms with van der Waals surface area (Å²) in [6.45, 7) is 5.71. The van der Waals surface area contributed by atoms with Crippen molar-refractivity contribution in [2.75, 3.05) is 19.8 Å². The molecular formula is C19H19IN2O5. The highest BCUT2D eigenvalue weighted by Crippen LogP contribution is 2.38. The maximum Gasteiger partial charge on any atom is 0.344 e. The zero-order valence-electron chi connectivity index (χ0n) is 15.2. The van der Waals surface area contributed by atoms with Gasteiger partial charge in [-0.1, -0.05) is 0 Å². The lowest BCUT2D eigenvalue weighted by atomic mass is 10.0. The van der Waals surface area contributed by atoms with E-state index in [2.05, 4.69) is 27.6 Å². The van der Waals surface area contributed by atoms with Gasteiger partial charge in [0, 0.05) is 11.3 Å². The van der Waals surface area contributed by atoms with Crippen molar-refractivity contribution < 1.29 is 19.0 Å². The Morgan fingerprint density at radius 3 is 2.59 bits per heavy atom. The number of H-pyrrole nitrogens is 1. The van der Waals surface area contributed by atoms with Gasteiger partial charge in [0.2, 0.25) is 0 Å². The van der Waals surface area contributed by atoms with Gasteiger partial charge in [-0.05, 0) is 67.1 Å². The number of rotatable bonds is 7. The molecule has 1 heterocycles. The van der Waals surface area contributed by atoms with E-state index in [1.165, 1.54) is 0 Å². The van der Waals surface area contributed by atoms with E-state index in [0.717, 1.165) is 0 Å². The maximum absolute atomic E-state index is 12.1. The first-order valence-electron chi connectivity index (χ1n) is 8.30. The van der Waals surface area contributed by atoms with E-state index in [-0.39, 0.29) is 18.8 Å². The van der Waals surface area contributed by atoms with Gasteiger partial charge in [0.1, 0.15) is 11.6 Å². The topological polar surface area (TPSA) is 101 Å². The summed E-state index contributed by atoms with van der Waals surface area (Å²) in [5.74, 6) is 0.358. The number of esters is 1. The number of hydrogen-bond acceptors (Lipinski definition) is 6. The van der Waals surface area contributed by atoms with Gasteiger partial charge in [-0.3, -0.25) is 4.79 Å². The molecule has 0 aliphatic carbocycles. The third kappa shape index (κ3) is 5.01. The van der Waals surface area contributed by atoms with Crippen molar-refractivity contribution >= 4 is 28.6 Å². The highest BCUT2D eigenvalue weighted by atomic mass is 127. The van der Waals surface area contributed by atoms with Crippen LogP contribution >= 0.6 is 22.6 Å². The van der Waals surface area contributed by atoms with Gasteiger partial charge < -0.3 is 19.2 Å². The van der Waals surface area contributed by atoms with Gasteiger partial charge in [0.25, 0.3) is 5.56 Å². The number of ether oxygens (including phenoxy) is 3. The summed E-state index contributed by atoms with van der Waals surface area (Å²) in [6, 6.07) is 7.16. The molecule has 0 amide bonds. The van der Waals surface area contributed by atoms with Crippen LogP contribution in [-0.4, -0.2) is 30.8 Å². The molecule has 0 saturated heterocycles. The summed E-state index contributed by atoms with van der Waals surface area (Å²) in [7, 11) is 0. The zero-order chi connectivity index (χ0) is 20.0. The van der Waals surface area contributed by atoms with E-state index in [0.29, 0.717) is 38.5 Å². The average Bonchev–Trinajstić information content (AvgIpc) is 2.60. The number of benzene rings is 1. The Morgan fingerprint density at radius 2 is 1.96 bits per heavy atom. The summed E-state index contributed by atoms with van der Waals surface area (Å²) in [5.41, 5.74) is 1.39. The van der Waals surface area contributed by atoms with Gasteiger partial charge in [-0.25, -0.2) is 4.79 Å². The largest absolute Gasteiger partial charge is 0.490 e. The minimum Gasteiger partial charge on any atom is -0.490 e. The molecule has 0 aliphatic heterocycles. The van der Waals surface area contributed by atoms with Crippen molar-refractivity contribution in [1.29, 1.82) is 5.26 Å². The minimum atomic E-state index is -0.475. The molecule has 0 radical (unpaired) electrons. The van der Waals surface area contributed by atoms with Crippen LogP contribution in [0.4, 0.5) is 0 Å². The standard InChI is InChI=1S/C19H19IN2O5/c1-4-25-16-8-12(13-6-11(3)22-19(24)14(13)9-21)7-15(20)18(16)27-10-17(23)26-5-2/h6-8H,4-5,10H2,1-3H3,(H,22,24). The molecule has 2 rings (SSSR count).